The number of phenolic OH excluding ortho intramolecular Hbond substituents is 1. The van der Waals surface area contributed by atoms with Crippen LogP contribution in [0.2, 0.25) is 0 Å². The lowest BCUT2D eigenvalue weighted by Gasteiger charge is -2.20. The molecule has 0 saturated heterocycles. The van der Waals surface area contributed by atoms with Gasteiger partial charge in [0.15, 0.2) is 0 Å². The van der Waals surface area contributed by atoms with Gasteiger partial charge in [-0.1, -0.05) is 25.5 Å². The molecule has 0 unspecified atom stereocenters. The predicted octanol–water partition coefficient (Wildman–Crippen LogP) is 1.29. The van der Waals surface area contributed by atoms with Crippen molar-refractivity contribution in [2.75, 3.05) is 6.61 Å². The van der Waals surface area contributed by atoms with Crippen LogP contribution in [0.4, 0.5) is 0 Å². The van der Waals surface area contributed by atoms with Gasteiger partial charge in [0, 0.05) is 13.3 Å². The molecule has 0 heterocycles. The topological polar surface area (TPSA) is 105 Å². The van der Waals surface area contributed by atoms with E-state index < -0.39 is 24.0 Å². The molecule has 7 heteroatoms. The summed E-state index contributed by atoms with van der Waals surface area (Å²) in [6.45, 7) is 5.13. The predicted molar refractivity (Wildman–Crippen MR) is 92.9 cm³/mol. The normalized spacial score (nSPS) is 12.8. The molecule has 0 aliphatic carbocycles. The Labute approximate surface area is 147 Å². The molecule has 0 spiro atoms. The highest BCUT2D eigenvalue weighted by Crippen LogP contribution is 2.12. The van der Waals surface area contributed by atoms with Gasteiger partial charge in [0.05, 0.1) is 6.61 Å². The number of aromatic hydroxyl groups is 1. The smallest absolute Gasteiger partial charge is 0.328 e. The standard InChI is InChI=1S/C18H26N2O5/c1-4-5-10-25-18(24)16(11-14-6-8-15(22)9-7-14)20-17(23)12(2)19-13(3)21/h6-9,12,16,22H,4-5,10-11H2,1-3H3,(H,19,21)(H,20,23)/t12-,16-/m0/s1. The summed E-state index contributed by atoms with van der Waals surface area (Å²) in [5, 5.41) is 14.4. The van der Waals surface area contributed by atoms with Gasteiger partial charge in [-0.25, -0.2) is 4.79 Å². The van der Waals surface area contributed by atoms with Crippen LogP contribution in [0.3, 0.4) is 0 Å². The lowest BCUT2D eigenvalue weighted by Crippen LogP contribution is -2.51. The van der Waals surface area contributed by atoms with Crippen molar-refractivity contribution in [3.8, 4) is 5.75 Å². The molecule has 2 amide bonds. The number of ether oxygens (including phenoxy) is 1. The van der Waals surface area contributed by atoms with Crippen molar-refractivity contribution in [3.05, 3.63) is 29.8 Å². The highest BCUT2D eigenvalue weighted by atomic mass is 16.5. The van der Waals surface area contributed by atoms with Crippen molar-refractivity contribution >= 4 is 17.8 Å². The fraction of sp³-hybridized carbons (Fsp3) is 0.500. The van der Waals surface area contributed by atoms with E-state index in [0.717, 1.165) is 18.4 Å². The second-order valence-electron chi connectivity index (χ2n) is 5.88. The van der Waals surface area contributed by atoms with Gasteiger partial charge < -0.3 is 20.5 Å². The Balaban J connectivity index is 2.79. The third kappa shape index (κ3) is 7.69. The Morgan fingerprint density at radius 1 is 1.16 bits per heavy atom. The number of hydrogen-bond donors (Lipinski definition) is 3. The average molecular weight is 350 g/mol. The molecule has 0 saturated carbocycles. The van der Waals surface area contributed by atoms with Crippen LogP contribution in [0.1, 0.15) is 39.2 Å². The Hall–Kier alpha value is -2.57. The summed E-state index contributed by atoms with van der Waals surface area (Å²) in [6.07, 6.45) is 1.86. The first-order chi connectivity index (χ1) is 11.8. The van der Waals surface area contributed by atoms with E-state index >= 15 is 0 Å². The summed E-state index contributed by atoms with van der Waals surface area (Å²) >= 11 is 0. The molecule has 0 aliphatic rings. The van der Waals surface area contributed by atoms with E-state index in [4.69, 9.17) is 4.74 Å². The number of benzene rings is 1. The molecular weight excluding hydrogens is 324 g/mol. The quantitative estimate of drug-likeness (QED) is 0.460. The maximum Gasteiger partial charge on any atom is 0.328 e. The molecule has 25 heavy (non-hydrogen) atoms. The van der Waals surface area contributed by atoms with E-state index in [1.165, 1.54) is 26.0 Å². The molecule has 0 aromatic heterocycles. The summed E-state index contributed by atoms with van der Waals surface area (Å²) in [7, 11) is 0. The minimum Gasteiger partial charge on any atom is -0.508 e. The van der Waals surface area contributed by atoms with Gasteiger partial charge in [-0.15, -0.1) is 0 Å². The number of amides is 2. The number of unbranched alkanes of at least 4 members (excludes halogenated alkanes) is 1. The molecular formula is C18H26N2O5. The third-order valence-electron chi connectivity index (χ3n) is 3.53. The number of carbonyl (C=O) groups excluding carboxylic acids is 3. The monoisotopic (exact) mass is 350 g/mol. The van der Waals surface area contributed by atoms with E-state index in [1.807, 2.05) is 6.92 Å². The molecule has 3 N–H and O–H groups in total. The van der Waals surface area contributed by atoms with Crippen LogP contribution >= 0.6 is 0 Å². The van der Waals surface area contributed by atoms with Gasteiger partial charge in [0.1, 0.15) is 17.8 Å². The second-order valence-corrected chi connectivity index (χ2v) is 5.88. The number of nitrogens with one attached hydrogen (secondary N) is 2. The summed E-state index contributed by atoms with van der Waals surface area (Å²) in [5.41, 5.74) is 0.766. The van der Waals surface area contributed by atoms with E-state index in [0.29, 0.717) is 6.61 Å². The Bertz CT molecular complexity index is 586. The molecule has 138 valence electrons. The van der Waals surface area contributed by atoms with E-state index in [9.17, 15) is 19.5 Å². The fourth-order valence-corrected chi connectivity index (χ4v) is 2.15. The fourth-order valence-electron chi connectivity index (χ4n) is 2.15. The maximum absolute atomic E-state index is 12.3. The molecule has 0 radical (unpaired) electrons. The minimum atomic E-state index is -0.870. The molecule has 1 rings (SSSR count). The van der Waals surface area contributed by atoms with Crippen LogP contribution in [-0.4, -0.2) is 41.6 Å². The average Bonchev–Trinajstić information content (AvgIpc) is 2.55. The van der Waals surface area contributed by atoms with Crippen molar-refractivity contribution in [1.29, 1.82) is 0 Å². The lowest BCUT2D eigenvalue weighted by atomic mass is 10.1. The van der Waals surface area contributed by atoms with E-state index in [2.05, 4.69) is 10.6 Å². The van der Waals surface area contributed by atoms with Gasteiger partial charge in [-0.05, 0) is 31.0 Å². The zero-order valence-electron chi connectivity index (χ0n) is 14.9. The molecule has 7 nitrogen and oxygen atoms in total. The zero-order chi connectivity index (χ0) is 18.8. The summed E-state index contributed by atoms with van der Waals surface area (Å²) < 4.78 is 5.21. The Morgan fingerprint density at radius 3 is 2.36 bits per heavy atom. The molecule has 2 atom stereocenters. The van der Waals surface area contributed by atoms with Crippen molar-refractivity contribution in [1.82, 2.24) is 10.6 Å². The van der Waals surface area contributed by atoms with Crippen molar-refractivity contribution in [3.63, 3.8) is 0 Å². The van der Waals surface area contributed by atoms with Crippen LogP contribution in [0.5, 0.6) is 5.75 Å². The Kier molecular flexibility index (Phi) is 8.46. The number of hydrogen-bond acceptors (Lipinski definition) is 5. The van der Waals surface area contributed by atoms with Crippen LogP contribution in [0.25, 0.3) is 0 Å². The number of carbonyl (C=O) groups is 3. The second kappa shape index (κ2) is 10.3. The van der Waals surface area contributed by atoms with Crippen molar-refractivity contribution in [2.45, 2.75) is 52.1 Å². The van der Waals surface area contributed by atoms with Crippen LogP contribution in [0.15, 0.2) is 24.3 Å². The number of esters is 1. The number of phenols is 1. The summed E-state index contributed by atoms with van der Waals surface area (Å²) in [6, 6.07) is 4.73. The molecule has 1 aromatic carbocycles. The third-order valence-corrected chi connectivity index (χ3v) is 3.53. The zero-order valence-corrected chi connectivity index (χ0v) is 14.9. The minimum absolute atomic E-state index is 0.120. The van der Waals surface area contributed by atoms with Gasteiger partial charge in [0.2, 0.25) is 11.8 Å². The van der Waals surface area contributed by atoms with Crippen molar-refractivity contribution < 1.29 is 24.2 Å². The van der Waals surface area contributed by atoms with Gasteiger partial charge in [-0.3, -0.25) is 9.59 Å². The maximum atomic E-state index is 12.3. The first-order valence-electron chi connectivity index (χ1n) is 8.35. The summed E-state index contributed by atoms with van der Waals surface area (Å²) in [4.78, 5) is 35.6. The largest absolute Gasteiger partial charge is 0.508 e. The van der Waals surface area contributed by atoms with E-state index in [-0.39, 0.29) is 18.1 Å². The van der Waals surface area contributed by atoms with Gasteiger partial charge >= 0.3 is 5.97 Å². The number of rotatable bonds is 9. The first kappa shape index (κ1) is 20.5. The van der Waals surface area contributed by atoms with Gasteiger partial charge in [0.25, 0.3) is 0 Å². The van der Waals surface area contributed by atoms with Crippen LogP contribution in [-0.2, 0) is 25.5 Å². The summed E-state index contributed by atoms with van der Waals surface area (Å²) in [5.74, 6) is -1.20. The molecule has 0 aliphatic heterocycles. The van der Waals surface area contributed by atoms with Crippen LogP contribution < -0.4 is 10.6 Å². The van der Waals surface area contributed by atoms with Crippen LogP contribution in [0, 0.1) is 0 Å². The highest BCUT2D eigenvalue weighted by molar-refractivity contribution is 5.90. The van der Waals surface area contributed by atoms with Crippen molar-refractivity contribution in [2.24, 2.45) is 0 Å². The molecule has 0 bridgehead atoms. The highest BCUT2D eigenvalue weighted by Gasteiger charge is 2.25. The van der Waals surface area contributed by atoms with Gasteiger partial charge in [-0.2, -0.15) is 0 Å². The Morgan fingerprint density at radius 2 is 1.80 bits per heavy atom. The molecule has 0 fully saturated rings. The lowest BCUT2D eigenvalue weighted by molar-refractivity contribution is -0.148. The first-order valence-corrected chi connectivity index (χ1v) is 8.35. The van der Waals surface area contributed by atoms with E-state index in [1.54, 1.807) is 12.1 Å². The SMILES string of the molecule is CCCCOC(=O)[C@H](Cc1ccc(O)cc1)NC(=O)[C@H](C)NC(C)=O. The molecule has 1 aromatic rings.